The fraction of sp³-hybridized carbons (Fsp3) is 0.645. The van der Waals surface area contributed by atoms with Crippen molar-refractivity contribution >= 4 is 46.1 Å². The summed E-state index contributed by atoms with van der Waals surface area (Å²) in [5, 5.41) is 3.74. The average molecular weight is 680 g/mol. The predicted octanol–water partition coefficient (Wildman–Crippen LogP) is 7.98. The predicted molar refractivity (Wildman–Crippen MR) is 182 cm³/mol. The van der Waals surface area contributed by atoms with Crippen LogP contribution >= 0.6 is 28.4 Å². The van der Waals surface area contributed by atoms with Crippen LogP contribution in [0.25, 0.3) is 6.08 Å². The molecule has 1 saturated heterocycles. The highest BCUT2D eigenvalue weighted by atomic mass is 127. The number of nitrogens with one attached hydrogen (secondary N) is 1. The van der Waals surface area contributed by atoms with Gasteiger partial charge in [-0.1, -0.05) is 67.0 Å². The Labute approximate surface area is 257 Å². The molecule has 7 nitrogen and oxygen atoms in total. The lowest BCUT2D eigenvalue weighted by atomic mass is 9.75. The Morgan fingerprint density at radius 1 is 1.25 bits per heavy atom. The molecule has 40 heavy (non-hydrogen) atoms. The fourth-order valence-corrected chi connectivity index (χ4v) is 6.42. The molecule has 3 atom stereocenters. The second kappa shape index (κ2) is 15.8. The first-order chi connectivity index (χ1) is 19.1. The van der Waals surface area contributed by atoms with Crippen LogP contribution in [0, 0.1) is 11.3 Å². The van der Waals surface area contributed by atoms with Gasteiger partial charge in [-0.25, -0.2) is 10.8 Å². The second-order valence-corrected chi connectivity index (χ2v) is 14.3. The summed E-state index contributed by atoms with van der Waals surface area (Å²) in [6, 6.07) is 4.28. The number of rotatable bonds is 8. The number of halogens is 1. The van der Waals surface area contributed by atoms with Gasteiger partial charge >= 0.3 is 0 Å². The van der Waals surface area contributed by atoms with Gasteiger partial charge in [-0.2, -0.15) is 0 Å². The first-order valence-electron chi connectivity index (χ1n) is 15.0. The summed E-state index contributed by atoms with van der Waals surface area (Å²) >= 11 is 2.32. The van der Waals surface area contributed by atoms with Crippen molar-refractivity contribution in [3.8, 4) is 0 Å². The number of piperidine rings is 1. The van der Waals surface area contributed by atoms with Crippen molar-refractivity contribution in [3.63, 3.8) is 0 Å². The summed E-state index contributed by atoms with van der Waals surface area (Å²) in [6.07, 6.45) is 12.2. The Morgan fingerprint density at radius 2 is 1.95 bits per heavy atom. The number of aromatic nitrogens is 3. The van der Waals surface area contributed by atoms with Crippen LogP contribution in [0.5, 0.6) is 0 Å². The molecule has 4 heterocycles. The molecule has 0 aromatic carbocycles. The molecule has 222 valence electrons. The second-order valence-electron chi connectivity index (χ2n) is 12.2. The molecule has 2 aliphatic heterocycles. The smallest absolute Gasteiger partial charge is 0.172 e. The maximum atomic E-state index is 6.50. The summed E-state index contributed by atoms with van der Waals surface area (Å²) in [7, 11) is 0. The van der Waals surface area contributed by atoms with E-state index < -0.39 is 0 Å². The van der Waals surface area contributed by atoms with E-state index in [0.717, 1.165) is 61.4 Å². The number of fused-ring (bicyclic) bond motifs is 1. The van der Waals surface area contributed by atoms with Crippen LogP contribution in [0.3, 0.4) is 0 Å². The van der Waals surface area contributed by atoms with E-state index in [1.165, 1.54) is 43.4 Å². The van der Waals surface area contributed by atoms with Gasteiger partial charge in [-0.15, -0.1) is 0 Å². The number of nitrogens with two attached hydrogens (primary N) is 1. The van der Waals surface area contributed by atoms with Crippen molar-refractivity contribution in [3.05, 3.63) is 47.6 Å². The fourth-order valence-electron chi connectivity index (χ4n) is 5.49. The maximum Gasteiger partial charge on any atom is 0.172 e. The zero-order valence-electron chi connectivity index (χ0n) is 25.5. The Kier molecular flexibility index (Phi) is 13.1. The highest BCUT2D eigenvalue weighted by molar-refractivity contribution is 14.2. The Balaban J connectivity index is 0.00000141. The van der Waals surface area contributed by atoms with Crippen LogP contribution in [-0.4, -0.2) is 34.6 Å². The first-order valence-corrected chi connectivity index (χ1v) is 19.1. The van der Waals surface area contributed by atoms with E-state index >= 15 is 0 Å². The van der Waals surface area contributed by atoms with Gasteiger partial charge in [0.2, 0.25) is 0 Å². The van der Waals surface area contributed by atoms with Crippen molar-refractivity contribution in [2.45, 2.75) is 98.4 Å². The van der Waals surface area contributed by atoms with Crippen LogP contribution in [0.2, 0.25) is 0 Å². The van der Waals surface area contributed by atoms with Gasteiger partial charge in [0.05, 0.1) is 24.3 Å². The maximum absolute atomic E-state index is 6.50. The zero-order valence-corrected chi connectivity index (χ0v) is 28.7. The number of nitrogens with zero attached hydrogens (tertiary/aromatic N) is 5. The van der Waals surface area contributed by atoms with Gasteiger partial charge < -0.3 is 10.2 Å². The van der Waals surface area contributed by atoms with E-state index in [0.29, 0.717) is 17.7 Å². The third-order valence-corrected chi connectivity index (χ3v) is 10.1. The largest absolute Gasteiger partial charge is 0.355 e. The topological polar surface area (TPSA) is 83.2 Å². The molecule has 1 fully saturated rings. The van der Waals surface area contributed by atoms with Crippen LogP contribution in [-0.2, 0) is 6.42 Å². The number of pyridine rings is 1. The summed E-state index contributed by atoms with van der Waals surface area (Å²) in [5.41, 5.74) is 4.70. The van der Waals surface area contributed by atoms with Gasteiger partial charge in [-0.3, -0.25) is 14.7 Å². The van der Waals surface area contributed by atoms with Crippen molar-refractivity contribution < 1.29 is 0 Å². The standard InChI is InChI=1S/C28H43IN7P.C3H8/c1-6-22-8-7-21-17-23(31-14-10-20(4)25(21)33-22)26-27(36(30)37-29)34-24(18-32-26)35-15-12-28(5,13-16-35)11-9-19(2)3;1-3-2/h6-8,18-20,23,31,37H,1,9-17,30H2,2-5H3;3H2,1-2H3/t20-,23?;/m0./s1. The van der Waals surface area contributed by atoms with Crippen LogP contribution in [0.1, 0.15) is 115 Å². The van der Waals surface area contributed by atoms with Gasteiger partial charge in [0.25, 0.3) is 0 Å². The quantitative estimate of drug-likeness (QED) is 0.127. The third kappa shape index (κ3) is 8.83. The molecule has 2 aliphatic rings. The summed E-state index contributed by atoms with van der Waals surface area (Å²) < 4.78 is 1.76. The van der Waals surface area contributed by atoms with Crippen molar-refractivity contribution in [1.29, 1.82) is 0 Å². The normalized spacial score (nSPS) is 20.9. The van der Waals surface area contributed by atoms with Crippen LogP contribution in [0.15, 0.2) is 24.9 Å². The molecule has 0 saturated carbocycles. The molecule has 0 spiro atoms. The van der Waals surface area contributed by atoms with Crippen LogP contribution < -0.4 is 20.8 Å². The molecule has 2 aromatic rings. The SMILES string of the molecule is C=Cc1ccc2c(n1)[C@@H](C)CCNC(c1ncc(N3CCC(C)(CCC(C)C)CC3)nc1N(N)PI)C2.CCC. The van der Waals surface area contributed by atoms with E-state index in [-0.39, 0.29) is 6.04 Å². The zero-order chi connectivity index (χ0) is 29.3. The number of hydrogen-bond acceptors (Lipinski definition) is 7. The molecule has 0 amide bonds. The lowest BCUT2D eigenvalue weighted by Gasteiger charge is -2.40. The number of anilines is 2. The van der Waals surface area contributed by atoms with Gasteiger partial charge in [0.1, 0.15) is 11.5 Å². The third-order valence-electron chi connectivity index (χ3n) is 8.14. The van der Waals surface area contributed by atoms with E-state index in [9.17, 15) is 0 Å². The summed E-state index contributed by atoms with van der Waals surface area (Å²) in [6.45, 7) is 20.4. The minimum absolute atomic E-state index is 0.0265. The molecule has 4 rings (SSSR count). The van der Waals surface area contributed by atoms with E-state index in [1.807, 2.05) is 12.3 Å². The van der Waals surface area contributed by atoms with Gasteiger partial charge in [-0.05, 0) is 95.6 Å². The van der Waals surface area contributed by atoms with Crippen LogP contribution in [0.4, 0.5) is 11.6 Å². The van der Waals surface area contributed by atoms with Crippen molar-refractivity contribution in [2.75, 3.05) is 29.3 Å². The molecule has 9 heteroatoms. The van der Waals surface area contributed by atoms with E-state index in [4.69, 9.17) is 20.8 Å². The lowest BCUT2D eigenvalue weighted by Crippen LogP contribution is -2.40. The molecule has 0 radical (unpaired) electrons. The Hall–Kier alpha value is -1.35. The summed E-state index contributed by atoms with van der Waals surface area (Å²) in [5.74, 6) is 9.37. The van der Waals surface area contributed by atoms with E-state index in [2.05, 4.69) is 92.5 Å². The lowest BCUT2D eigenvalue weighted by molar-refractivity contribution is 0.212. The van der Waals surface area contributed by atoms with Crippen molar-refractivity contribution in [2.24, 2.45) is 17.2 Å². The number of hydrogen-bond donors (Lipinski definition) is 2. The molecular weight excluding hydrogens is 628 g/mol. The first kappa shape index (κ1) is 33.2. The molecular formula is C31H51IN7P. The highest BCUT2D eigenvalue weighted by Crippen LogP contribution is 2.40. The van der Waals surface area contributed by atoms with E-state index in [1.54, 1.807) is 4.78 Å². The number of hydrazine groups is 1. The monoisotopic (exact) mass is 679 g/mol. The van der Waals surface area contributed by atoms with Gasteiger partial charge in [0.15, 0.2) is 5.82 Å². The highest BCUT2D eigenvalue weighted by Gasteiger charge is 2.32. The molecule has 2 aromatic heterocycles. The Bertz CT molecular complexity index is 1090. The minimum atomic E-state index is 0.0265. The molecule has 2 unspecified atom stereocenters. The summed E-state index contributed by atoms with van der Waals surface area (Å²) in [4.78, 5) is 17.4. The molecule has 0 bridgehead atoms. The van der Waals surface area contributed by atoms with Crippen molar-refractivity contribution in [1.82, 2.24) is 20.3 Å². The minimum Gasteiger partial charge on any atom is -0.355 e. The van der Waals surface area contributed by atoms with Gasteiger partial charge in [0, 0.05) is 18.8 Å². The molecule has 3 N–H and O–H groups in total. The molecule has 0 aliphatic carbocycles. The Morgan fingerprint density at radius 3 is 2.58 bits per heavy atom. The average Bonchev–Trinajstić information content (AvgIpc) is 2.95.